The van der Waals surface area contributed by atoms with Gasteiger partial charge in [0, 0.05) is 5.78 Å². The number of carbonyl (C=O) groups is 3. The summed E-state index contributed by atoms with van der Waals surface area (Å²) in [5.74, 6) is -2.49. The van der Waals surface area contributed by atoms with Crippen LogP contribution in [0.1, 0.15) is 24.2 Å². The van der Waals surface area contributed by atoms with Crippen molar-refractivity contribution >= 4 is 17.5 Å². The summed E-state index contributed by atoms with van der Waals surface area (Å²) in [6.07, 6.45) is 0. The van der Waals surface area contributed by atoms with Crippen LogP contribution in [0.15, 0.2) is 30.3 Å². The van der Waals surface area contributed by atoms with Crippen LogP contribution in [0.5, 0.6) is 0 Å². The third-order valence-corrected chi connectivity index (χ3v) is 2.09. The predicted molar refractivity (Wildman–Crippen MR) is 61.3 cm³/mol. The summed E-state index contributed by atoms with van der Waals surface area (Å²) >= 11 is 0. The summed E-state index contributed by atoms with van der Waals surface area (Å²) in [6, 6.07) is 8.16. The SMILES string of the molecule is CCOC(=O)[C-](C(C)=O)C(=O)c1ccccc1.[Na+]. The first-order valence-corrected chi connectivity index (χ1v) is 5.22. The summed E-state index contributed by atoms with van der Waals surface area (Å²) in [5, 5.41) is 0. The molecule has 0 radical (unpaired) electrons. The Morgan fingerprint density at radius 1 is 1.17 bits per heavy atom. The minimum Gasteiger partial charge on any atom is -0.476 e. The molecule has 0 spiro atoms. The van der Waals surface area contributed by atoms with Crippen LogP contribution in [0.3, 0.4) is 0 Å². The Labute approximate surface area is 128 Å². The number of ether oxygens (including phenoxy) is 1. The Bertz CT molecular complexity index is 428. The summed E-state index contributed by atoms with van der Waals surface area (Å²) in [6.45, 7) is 2.91. The van der Waals surface area contributed by atoms with Crippen LogP contribution in [0.4, 0.5) is 0 Å². The Hall–Kier alpha value is -1.10. The summed E-state index contributed by atoms with van der Waals surface area (Å²) < 4.78 is 4.69. The van der Waals surface area contributed by atoms with E-state index >= 15 is 0 Å². The van der Waals surface area contributed by atoms with Crippen molar-refractivity contribution in [2.24, 2.45) is 0 Å². The summed E-state index contributed by atoms with van der Waals surface area (Å²) in [7, 11) is 0. The van der Waals surface area contributed by atoms with Crippen molar-refractivity contribution < 1.29 is 48.7 Å². The van der Waals surface area contributed by atoms with E-state index in [1.54, 1.807) is 37.3 Å². The molecule has 0 aliphatic heterocycles. The van der Waals surface area contributed by atoms with Gasteiger partial charge >= 0.3 is 29.6 Å². The molecule has 0 aromatic heterocycles. The Kier molecular flexibility index (Phi) is 7.59. The van der Waals surface area contributed by atoms with E-state index in [1.165, 1.54) is 6.92 Å². The number of rotatable bonds is 5. The molecule has 0 amide bonds. The number of ketones is 2. The smallest absolute Gasteiger partial charge is 0.476 e. The molecule has 0 aliphatic carbocycles. The second kappa shape index (κ2) is 8.08. The maximum Gasteiger partial charge on any atom is 1.00 e. The van der Waals surface area contributed by atoms with E-state index in [1.807, 2.05) is 0 Å². The third-order valence-electron chi connectivity index (χ3n) is 2.09. The minimum atomic E-state index is -0.867. The van der Waals surface area contributed by atoms with Crippen molar-refractivity contribution in [3.63, 3.8) is 0 Å². The topological polar surface area (TPSA) is 60.4 Å². The van der Waals surface area contributed by atoms with Crippen LogP contribution >= 0.6 is 0 Å². The van der Waals surface area contributed by atoms with Gasteiger partial charge in [-0.15, -0.1) is 17.7 Å². The Morgan fingerprint density at radius 3 is 2.17 bits per heavy atom. The number of benzene rings is 1. The van der Waals surface area contributed by atoms with Gasteiger partial charge < -0.3 is 14.3 Å². The quantitative estimate of drug-likeness (QED) is 0.214. The molecule has 1 aromatic carbocycles. The van der Waals surface area contributed by atoms with Crippen LogP contribution in [0.25, 0.3) is 0 Å². The molecule has 1 rings (SSSR count). The van der Waals surface area contributed by atoms with Crippen molar-refractivity contribution in [1.29, 1.82) is 0 Å². The fourth-order valence-corrected chi connectivity index (χ4v) is 1.33. The molecule has 1 aromatic rings. The van der Waals surface area contributed by atoms with Crippen molar-refractivity contribution in [3.8, 4) is 0 Å². The first-order chi connectivity index (χ1) is 8.07. The molecule has 0 saturated carbocycles. The fraction of sp³-hybridized carbons (Fsp3) is 0.231. The summed E-state index contributed by atoms with van der Waals surface area (Å²) in [4.78, 5) is 34.8. The molecular weight excluding hydrogens is 243 g/mol. The van der Waals surface area contributed by atoms with Crippen LogP contribution in [0, 0.1) is 5.92 Å². The number of esters is 1. The average molecular weight is 256 g/mol. The van der Waals surface area contributed by atoms with Gasteiger partial charge in [-0.3, -0.25) is 4.79 Å². The molecular formula is C13H13NaO4. The molecule has 0 aliphatic rings. The van der Waals surface area contributed by atoms with Gasteiger partial charge in [-0.05, 0) is 19.8 Å². The molecule has 0 N–H and O–H groups in total. The first-order valence-electron chi connectivity index (χ1n) is 5.22. The molecule has 0 bridgehead atoms. The Balaban J connectivity index is 0.00000289. The van der Waals surface area contributed by atoms with Crippen LogP contribution in [-0.2, 0) is 14.3 Å². The van der Waals surface area contributed by atoms with Gasteiger partial charge in [-0.1, -0.05) is 18.2 Å². The predicted octanol–water partition coefficient (Wildman–Crippen LogP) is -1.40. The van der Waals surface area contributed by atoms with Crippen LogP contribution < -0.4 is 29.6 Å². The van der Waals surface area contributed by atoms with E-state index < -0.39 is 23.5 Å². The second-order valence-electron chi connectivity index (χ2n) is 3.35. The molecule has 0 fully saturated rings. The van der Waals surface area contributed by atoms with E-state index in [0.29, 0.717) is 5.56 Å². The van der Waals surface area contributed by atoms with Gasteiger partial charge in [-0.25, -0.2) is 0 Å². The summed E-state index contributed by atoms with van der Waals surface area (Å²) in [5.41, 5.74) is 0.297. The minimum absolute atomic E-state index is 0. The average Bonchev–Trinajstić information content (AvgIpc) is 2.30. The zero-order valence-corrected chi connectivity index (χ0v) is 12.7. The zero-order chi connectivity index (χ0) is 12.8. The second-order valence-corrected chi connectivity index (χ2v) is 3.35. The van der Waals surface area contributed by atoms with Gasteiger partial charge in [0.25, 0.3) is 5.97 Å². The van der Waals surface area contributed by atoms with E-state index in [9.17, 15) is 14.4 Å². The van der Waals surface area contributed by atoms with E-state index in [0.717, 1.165) is 0 Å². The molecule has 0 unspecified atom stereocenters. The van der Waals surface area contributed by atoms with E-state index in [-0.39, 0.29) is 36.2 Å². The normalized spacial score (nSPS) is 9.00. The third kappa shape index (κ3) is 4.29. The molecule has 4 nitrogen and oxygen atoms in total. The number of hydrogen-bond acceptors (Lipinski definition) is 4. The Morgan fingerprint density at radius 2 is 1.72 bits per heavy atom. The van der Waals surface area contributed by atoms with E-state index in [2.05, 4.69) is 0 Å². The molecule has 18 heavy (non-hydrogen) atoms. The van der Waals surface area contributed by atoms with Crippen molar-refractivity contribution in [3.05, 3.63) is 41.8 Å². The van der Waals surface area contributed by atoms with Crippen LogP contribution in [0.2, 0.25) is 0 Å². The van der Waals surface area contributed by atoms with Gasteiger partial charge in [0.1, 0.15) is 0 Å². The number of carbonyl (C=O) groups excluding carboxylic acids is 3. The van der Waals surface area contributed by atoms with Gasteiger partial charge in [0.15, 0.2) is 0 Å². The van der Waals surface area contributed by atoms with Crippen molar-refractivity contribution in [1.82, 2.24) is 0 Å². The molecule has 0 heterocycles. The standard InChI is InChI=1S/C13H13O4.Na/c1-3-17-13(16)11(9(2)14)12(15)10-7-5-4-6-8-10;/h4-8H,3H2,1-2H3;/q-1;+1. The maximum atomic E-state index is 11.9. The van der Waals surface area contributed by atoms with Gasteiger partial charge in [-0.2, -0.15) is 0 Å². The first kappa shape index (κ1) is 16.9. The molecule has 0 atom stereocenters. The number of Topliss-reactive ketones (excluding diaryl/α,β-unsaturated/α-hetero) is 2. The van der Waals surface area contributed by atoms with Gasteiger partial charge in [0.2, 0.25) is 0 Å². The monoisotopic (exact) mass is 256 g/mol. The van der Waals surface area contributed by atoms with Crippen molar-refractivity contribution in [2.75, 3.05) is 6.61 Å². The van der Waals surface area contributed by atoms with E-state index in [4.69, 9.17) is 4.74 Å². The fourth-order valence-electron chi connectivity index (χ4n) is 1.33. The number of hydrogen-bond donors (Lipinski definition) is 0. The van der Waals surface area contributed by atoms with Crippen LogP contribution in [-0.4, -0.2) is 24.1 Å². The zero-order valence-electron chi connectivity index (χ0n) is 10.7. The molecule has 90 valence electrons. The largest absolute Gasteiger partial charge is 1.00 e. The van der Waals surface area contributed by atoms with Crippen molar-refractivity contribution in [2.45, 2.75) is 13.8 Å². The maximum absolute atomic E-state index is 11.9. The molecule has 5 heteroatoms. The molecule has 0 saturated heterocycles. The van der Waals surface area contributed by atoms with Gasteiger partial charge in [0.05, 0.1) is 12.4 Å².